The van der Waals surface area contributed by atoms with Crippen LogP contribution in [0.2, 0.25) is 0 Å². The molecule has 5 heterocycles. The number of fused-ring (bicyclic) bond motifs is 3. The van der Waals surface area contributed by atoms with Gasteiger partial charge in [-0.1, -0.05) is 32.0 Å². The lowest BCUT2D eigenvalue weighted by atomic mass is 9.58. The van der Waals surface area contributed by atoms with Gasteiger partial charge in [-0.2, -0.15) is 0 Å². The Labute approximate surface area is 238 Å². The van der Waals surface area contributed by atoms with Crippen molar-refractivity contribution in [2.24, 2.45) is 23.7 Å². The molecule has 2 bridgehead atoms. The van der Waals surface area contributed by atoms with Crippen molar-refractivity contribution in [3.63, 3.8) is 0 Å². The number of H-pyrrole nitrogens is 1. The Kier molecular flexibility index (Phi) is 7.34. The number of aliphatic carboxylic acids is 1. The van der Waals surface area contributed by atoms with Gasteiger partial charge in [0.1, 0.15) is 6.04 Å². The Hall–Kier alpha value is -2.99. The highest BCUT2D eigenvalue weighted by atomic mass is 17.3. The zero-order chi connectivity index (χ0) is 28.9. The largest absolute Gasteiger partial charge is 0.480 e. The van der Waals surface area contributed by atoms with Crippen LogP contribution in [0, 0.1) is 23.7 Å². The molecule has 11 heteroatoms. The smallest absolute Gasteiger partial charge is 0.326 e. The SMILES string of the molecule is C[C@H]1[C@H](OC(=O)CCC(=O)N[C@@H](Cc2c[nH]c3ccccc23)C(=O)O)O[C@@H]2O[C@@]3(C)CC[C@H]4[C@H](C)CC[C@@H]1[C@]24OO3. The molecule has 4 saturated heterocycles. The molecule has 0 unspecified atom stereocenters. The van der Waals surface area contributed by atoms with E-state index in [9.17, 15) is 19.5 Å². The highest BCUT2D eigenvalue weighted by Gasteiger charge is 2.69. The quantitative estimate of drug-likeness (QED) is 0.319. The van der Waals surface area contributed by atoms with Crippen molar-refractivity contribution in [1.82, 2.24) is 10.3 Å². The van der Waals surface area contributed by atoms with Crippen molar-refractivity contribution in [2.45, 2.75) is 95.7 Å². The molecule has 1 aromatic carbocycles. The number of aromatic amines is 1. The number of benzene rings is 1. The number of carbonyl (C=O) groups is 3. The first-order valence-corrected chi connectivity index (χ1v) is 14.6. The summed E-state index contributed by atoms with van der Waals surface area (Å²) in [6.07, 6.45) is 3.31. The van der Waals surface area contributed by atoms with Gasteiger partial charge in [-0.25, -0.2) is 14.6 Å². The molecule has 2 aromatic rings. The molecule has 1 amide bonds. The van der Waals surface area contributed by atoms with Crippen molar-refractivity contribution in [2.75, 3.05) is 0 Å². The predicted molar refractivity (Wildman–Crippen MR) is 144 cm³/mol. The van der Waals surface area contributed by atoms with Crippen LogP contribution in [0.1, 0.15) is 64.9 Å². The van der Waals surface area contributed by atoms with Crippen LogP contribution in [0.4, 0.5) is 0 Å². The number of para-hydroxylation sites is 1. The third-order valence-electron chi connectivity index (χ3n) is 9.63. The maximum atomic E-state index is 12.9. The van der Waals surface area contributed by atoms with Crippen LogP contribution < -0.4 is 5.32 Å². The molecule has 9 atom stereocenters. The van der Waals surface area contributed by atoms with Gasteiger partial charge in [-0.3, -0.25) is 9.59 Å². The zero-order valence-electron chi connectivity index (χ0n) is 23.6. The number of carboxylic acids is 1. The van der Waals surface area contributed by atoms with Crippen LogP contribution in [-0.4, -0.2) is 57.9 Å². The molecule has 1 aliphatic carbocycles. The van der Waals surface area contributed by atoms with Gasteiger partial charge in [0.2, 0.25) is 18.0 Å². The Morgan fingerprint density at radius 3 is 2.73 bits per heavy atom. The van der Waals surface area contributed by atoms with Gasteiger partial charge < -0.3 is 29.6 Å². The van der Waals surface area contributed by atoms with Gasteiger partial charge in [-0.05, 0) is 49.7 Å². The van der Waals surface area contributed by atoms with E-state index in [1.165, 1.54) is 0 Å². The lowest BCUT2D eigenvalue weighted by molar-refractivity contribution is -0.576. The molecule has 0 radical (unpaired) electrons. The molecular weight excluding hydrogens is 532 g/mol. The van der Waals surface area contributed by atoms with Crippen molar-refractivity contribution in [3.8, 4) is 0 Å². The number of hydrogen-bond donors (Lipinski definition) is 3. The predicted octanol–water partition coefficient (Wildman–Crippen LogP) is 3.81. The molecule has 41 heavy (non-hydrogen) atoms. The molecule has 3 N–H and O–H groups in total. The minimum absolute atomic E-state index is 0.00651. The first-order valence-electron chi connectivity index (χ1n) is 14.6. The van der Waals surface area contributed by atoms with Crippen molar-refractivity contribution in [3.05, 3.63) is 36.0 Å². The highest BCUT2D eigenvalue weighted by molar-refractivity contribution is 5.87. The number of amides is 1. The number of aromatic nitrogens is 1. The minimum atomic E-state index is -1.15. The molecule has 222 valence electrons. The third-order valence-corrected chi connectivity index (χ3v) is 9.63. The number of carboxylic acid groups (broad SMARTS) is 1. The molecule has 4 aliphatic heterocycles. The monoisotopic (exact) mass is 570 g/mol. The van der Waals surface area contributed by atoms with Gasteiger partial charge in [0.25, 0.3) is 0 Å². The summed E-state index contributed by atoms with van der Waals surface area (Å²) in [5.74, 6) is -2.78. The standard InChI is InChI=1S/C30H38N2O9/c1-16-8-9-21-17(2)27(38-28-30(21)20(16)12-13-29(3,39-28)40-41-30)37-25(34)11-10-24(33)32-23(26(35)36)14-18-15-31-22-7-5-4-6-19(18)22/h4-7,15-17,20-21,23,27-28,31H,8-14H2,1-3H3,(H,32,33)(H,35,36)/t16-,17-,20+,21+,23+,27-,28-,29-,30+/m1/s1. The van der Waals surface area contributed by atoms with Crippen molar-refractivity contribution < 1.29 is 43.5 Å². The molecular formula is C30H38N2O9. The Bertz CT molecular complexity index is 1330. The Morgan fingerprint density at radius 2 is 1.93 bits per heavy atom. The summed E-state index contributed by atoms with van der Waals surface area (Å²) in [7, 11) is 0. The third kappa shape index (κ3) is 5.03. The van der Waals surface area contributed by atoms with Gasteiger partial charge in [0, 0.05) is 48.2 Å². The van der Waals surface area contributed by atoms with Crippen molar-refractivity contribution in [1.29, 1.82) is 0 Å². The molecule has 7 rings (SSSR count). The van der Waals surface area contributed by atoms with Crippen molar-refractivity contribution >= 4 is 28.7 Å². The van der Waals surface area contributed by atoms with E-state index in [4.69, 9.17) is 24.0 Å². The van der Waals surface area contributed by atoms with Crippen LogP contribution >= 0.6 is 0 Å². The number of ether oxygens (including phenoxy) is 3. The van der Waals surface area contributed by atoms with Crippen LogP contribution in [0.25, 0.3) is 10.9 Å². The lowest BCUT2D eigenvalue weighted by Gasteiger charge is -2.59. The normalized spacial score (nSPS) is 36.7. The van der Waals surface area contributed by atoms with Gasteiger partial charge in [0.15, 0.2) is 11.9 Å². The van der Waals surface area contributed by atoms with E-state index in [1.54, 1.807) is 6.20 Å². The van der Waals surface area contributed by atoms with E-state index in [0.29, 0.717) is 12.3 Å². The van der Waals surface area contributed by atoms with E-state index in [1.807, 2.05) is 38.1 Å². The van der Waals surface area contributed by atoms with Gasteiger partial charge in [-0.15, -0.1) is 0 Å². The Morgan fingerprint density at radius 1 is 1.12 bits per heavy atom. The van der Waals surface area contributed by atoms with Crippen LogP contribution in [-0.2, 0) is 44.8 Å². The van der Waals surface area contributed by atoms with Gasteiger partial charge in [0.05, 0.1) is 6.42 Å². The molecule has 1 spiro atoms. The molecule has 11 nitrogen and oxygen atoms in total. The number of nitrogens with one attached hydrogen (secondary N) is 2. The zero-order valence-corrected chi connectivity index (χ0v) is 23.6. The molecule has 5 fully saturated rings. The van der Waals surface area contributed by atoms with E-state index < -0.39 is 47.9 Å². The van der Waals surface area contributed by atoms with E-state index in [-0.39, 0.29) is 37.0 Å². The summed E-state index contributed by atoms with van der Waals surface area (Å²) < 4.78 is 18.3. The second-order valence-electron chi connectivity index (χ2n) is 12.3. The minimum Gasteiger partial charge on any atom is -0.480 e. The maximum absolute atomic E-state index is 12.9. The second-order valence-corrected chi connectivity index (χ2v) is 12.3. The van der Waals surface area contributed by atoms with E-state index in [0.717, 1.165) is 35.7 Å². The van der Waals surface area contributed by atoms with E-state index in [2.05, 4.69) is 17.2 Å². The van der Waals surface area contributed by atoms with Gasteiger partial charge >= 0.3 is 11.9 Å². The fourth-order valence-electron chi connectivity index (χ4n) is 7.40. The van der Waals surface area contributed by atoms with Crippen LogP contribution in [0.3, 0.4) is 0 Å². The van der Waals surface area contributed by atoms with Crippen LogP contribution in [0.5, 0.6) is 0 Å². The number of rotatable bonds is 8. The average molecular weight is 571 g/mol. The topological polar surface area (TPSA) is 145 Å². The summed E-state index contributed by atoms with van der Waals surface area (Å²) in [5.41, 5.74) is 0.914. The maximum Gasteiger partial charge on any atom is 0.326 e. The van der Waals surface area contributed by atoms with Crippen LogP contribution in [0.15, 0.2) is 30.5 Å². The fraction of sp³-hybridized carbons (Fsp3) is 0.633. The summed E-state index contributed by atoms with van der Waals surface area (Å²) in [6, 6.07) is 6.42. The summed E-state index contributed by atoms with van der Waals surface area (Å²) in [4.78, 5) is 52.5. The summed E-state index contributed by atoms with van der Waals surface area (Å²) in [6.45, 7) is 6.05. The van der Waals surface area contributed by atoms with E-state index >= 15 is 0 Å². The lowest BCUT2D eigenvalue weighted by Crippen LogP contribution is -2.70. The second kappa shape index (κ2) is 10.7. The number of hydrogen-bond acceptors (Lipinski definition) is 8. The first kappa shape index (κ1) is 28.1. The molecule has 1 saturated carbocycles. The Balaban J connectivity index is 1.06. The average Bonchev–Trinajstić information content (AvgIpc) is 3.21. The number of carbonyl (C=O) groups excluding carboxylic acids is 2. The molecule has 5 aliphatic rings. The fourth-order valence-corrected chi connectivity index (χ4v) is 7.40. The summed E-state index contributed by atoms with van der Waals surface area (Å²) >= 11 is 0. The first-order chi connectivity index (χ1) is 19.6. The molecule has 1 aromatic heterocycles. The highest BCUT2D eigenvalue weighted by Crippen LogP contribution is 2.60. The summed E-state index contributed by atoms with van der Waals surface area (Å²) in [5, 5.41) is 13.2. The number of esters is 1.